The van der Waals surface area contributed by atoms with E-state index in [2.05, 4.69) is 5.32 Å². The number of hydrogen-bond donors (Lipinski definition) is 2. The van der Waals surface area contributed by atoms with Gasteiger partial charge in [0, 0.05) is 5.56 Å². The van der Waals surface area contributed by atoms with Crippen LogP contribution in [-0.4, -0.2) is 17.6 Å². The van der Waals surface area contributed by atoms with Gasteiger partial charge in [0.25, 0.3) is 5.91 Å². The number of aliphatic hydroxyl groups is 1. The van der Waals surface area contributed by atoms with E-state index in [1.807, 2.05) is 48.5 Å². The summed E-state index contributed by atoms with van der Waals surface area (Å²) in [6.45, 7) is -0.229. The highest BCUT2D eigenvalue weighted by molar-refractivity contribution is 6.01. The molecule has 1 unspecified atom stereocenters. The highest BCUT2D eigenvalue weighted by atomic mass is 16.3. The Morgan fingerprint density at radius 1 is 1.00 bits per heavy atom. The molecule has 3 aromatic rings. The van der Waals surface area contributed by atoms with Crippen molar-refractivity contribution in [3.8, 4) is 11.1 Å². The number of benzene rings is 2. The summed E-state index contributed by atoms with van der Waals surface area (Å²) in [4.78, 5) is 12.6. The molecule has 0 spiro atoms. The standard InChI is InChI=1S/C19H17NO3/c21-13-17(18-11-6-12-23-18)20-19(22)16-10-5-4-9-15(16)14-7-2-1-3-8-14/h1-12,17,21H,13H2,(H,20,22). The SMILES string of the molecule is O=C(NC(CO)c1ccco1)c1ccccc1-c1ccccc1. The van der Waals surface area contributed by atoms with E-state index < -0.39 is 6.04 Å². The van der Waals surface area contributed by atoms with Gasteiger partial charge in [-0.15, -0.1) is 0 Å². The van der Waals surface area contributed by atoms with Crippen LogP contribution in [-0.2, 0) is 0 Å². The molecule has 4 nitrogen and oxygen atoms in total. The number of furan rings is 1. The van der Waals surface area contributed by atoms with E-state index >= 15 is 0 Å². The second-order valence-corrected chi connectivity index (χ2v) is 5.14. The van der Waals surface area contributed by atoms with Crippen LogP contribution >= 0.6 is 0 Å². The van der Waals surface area contributed by atoms with Gasteiger partial charge in [-0.3, -0.25) is 4.79 Å². The first kappa shape index (κ1) is 15.1. The van der Waals surface area contributed by atoms with E-state index in [1.165, 1.54) is 6.26 Å². The molecule has 0 aliphatic rings. The summed E-state index contributed by atoms with van der Waals surface area (Å²) < 4.78 is 5.26. The summed E-state index contributed by atoms with van der Waals surface area (Å²) in [6, 6.07) is 20.0. The third-order valence-corrected chi connectivity index (χ3v) is 3.63. The Morgan fingerprint density at radius 2 is 1.74 bits per heavy atom. The van der Waals surface area contributed by atoms with Crippen LogP contribution in [0.5, 0.6) is 0 Å². The second kappa shape index (κ2) is 6.94. The first-order chi connectivity index (χ1) is 11.3. The minimum atomic E-state index is -0.568. The maximum Gasteiger partial charge on any atom is 0.252 e. The zero-order valence-corrected chi connectivity index (χ0v) is 12.5. The lowest BCUT2D eigenvalue weighted by Gasteiger charge is -2.16. The minimum Gasteiger partial charge on any atom is -0.467 e. The molecule has 2 N–H and O–H groups in total. The lowest BCUT2D eigenvalue weighted by atomic mass is 9.99. The van der Waals surface area contributed by atoms with Crippen molar-refractivity contribution in [2.24, 2.45) is 0 Å². The summed E-state index contributed by atoms with van der Waals surface area (Å²) in [5.41, 5.74) is 2.38. The van der Waals surface area contributed by atoms with Gasteiger partial charge in [-0.1, -0.05) is 48.5 Å². The molecule has 0 saturated heterocycles. The average molecular weight is 307 g/mol. The molecule has 0 fully saturated rings. The summed E-state index contributed by atoms with van der Waals surface area (Å²) in [7, 11) is 0. The largest absolute Gasteiger partial charge is 0.467 e. The van der Waals surface area contributed by atoms with Crippen molar-refractivity contribution in [1.29, 1.82) is 0 Å². The number of aliphatic hydroxyl groups excluding tert-OH is 1. The van der Waals surface area contributed by atoms with Crippen LogP contribution in [0.1, 0.15) is 22.2 Å². The van der Waals surface area contributed by atoms with Gasteiger partial charge >= 0.3 is 0 Å². The minimum absolute atomic E-state index is 0.229. The molecule has 0 saturated carbocycles. The number of amides is 1. The Morgan fingerprint density at radius 3 is 2.43 bits per heavy atom. The fourth-order valence-electron chi connectivity index (χ4n) is 2.48. The van der Waals surface area contributed by atoms with Gasteiger partial charge in [-0.2, -0.15) is 0 Å². The van der Waals surface area contributed by atoms with Gasteiger partial charge in [0.1, 0.15) is 11.8 Å². The molecule has 0 bridgehead atoms. The van der Waals surface area contributed by atoms with Gasteiger partial charge in [0.2, 0.25) is 0 Å². The molecule has 2 aromatic carbocycles. The molecule has 0 radical (unpaired) electrons. The van der Waals surface area contributed by atoms with Crippen molar-refractivity contribution >= 4 is 5.91 Å². The van der Waals surface area contributed by atoms with Gasteiger partial charge in [0.05, 0.1) is 12.9 Å². The monoisotopic (exact) mass is 307 g/mol. The number of carbonyl (C=O) groups excluding carboxylic acids is 1. The molecule has 4 heteroatoms. The van der Waals surface area contributed by atoms with Crippen molar-refractivity contribution in [3.05, 3.63) is 84.3 Å². The normalized spacial score (nSPS) is 11.9. The smallest absolute Gasteiger partial charge is 0.252 e. The van der Waals surface area contributed by atoms with Crippen LogP contribution < -0.4 is 5.32 Å². The van der Waals surface area contributed by atoms with Gasteiger partial charge in [0.15, 0.2) is 0 Å². The fraction of sp³-hybridized carbons (Fsp3) is 0.105. The Labute approximate surface area is 134 Å². The van der Waals surface area contributed by atoms with Crippen molar-refractivity contribution in [2.45, 2.75) is 6.04 Å². The number of hydrogen-bond acceptors (Lipinski definition) is 3. The molecule has 1 amide bonds. The summed E-state index contributed by atoms with van der Waals surface area (Å²) in [5.74, 6) is 0.276. The molecule has 23 heavy (non-hydrogen) atoms. The van der Waals surface area contributed by atoms with E-state index in [9.17, 15) is 9.90 Å². The van der Waals surface area contributed by atoms with Gasteiger partial charge in [-0.05, 0) is 29.3 Å². The van der Waals surface area contributed by atoms with Crippen molar-refractivity contribution < 1.29 is 14.3 Å². The van der Waals surface area contributed by atoms with Crippen LogP contribution in [0.3, 0.4) is 0 Å². The first-order valence-electron chi connectivity index (χ1n) is 7.39. The summed E-state index contributed by atoms with van der Waals surface area (Å²) >= 11 is 0. The fourth-order valence-corrected chi connectivity index (χ4v) is 2.48. The van der Waals surface area contributed by atoms with Crippen LogP contribution in [0.15, 0.2) is 77.4 Å². The first-order valence-corrected chi connectivity index (χ1v) is 7.39. The molecule has 3 rings (SSSR count). The topological polar surface area (TPSA) is 62.5 Å². The van der Waals surface area contributed by atoms with Crippen molar-refractivity contribution in [3.63, 3.8) is 0 Å². The maximum atomic E-state index is 12.6. The van der Waals surface area contributed by atoms with Crippen LogP contribution in [0.4, 0.5) is 0 Å². The Kier molecular flexibility index (Phi) is 4.54. The highest BCUT2D eigenvalue weighted by Crippen LogP contribution is 2.24. The van der Waals surface area contributed by atoms with E-state index in [1.54, 1.807) is 18.2 Å². The third kappa shape index (κ3) is 3.33. The van der Waals surface area contributed by atoms with E-state index in [4.69, 9.17) is 4.42 Å². The molecule has 1 heterocycles. The number of nitrogens with one attached hydrogen (secondary N) is 1. The van der Waals surface area contributed by atoms with E-state index in [-0.39, 0.29) is 12.5 Å². The van der Waals surface area contributed by atoms with Gasteiger partial charge in [-0.25, -0.2) is 0 Å². The lowest BCUT2D eigenvalue weighted by Crippen LogP contribution is -2.30. The van der Waals surface area contributed by atoms with Crippen LogP contribution in [0.2, 0.25) is 0 Å². The van der Waals surface area contributed by atoms with E-state index in [0.29, 0.717) is 11.3 Å². The lowest BCUT2D eigenvalue weighted by molar-refractivity contribution is 0.0908. The van der Waals surface area contributed by atoms with Crippen LogP contribution in [0.25, 0.3) is 11.1 Å². The molecular weight excluding hydrogens is 290 g/mol. The van der Waals surface area contributed by atoms with Crippen molar-refractivity contribution in [2.75, 3.05) is 6.61 Å². The zero-order chi connectivity index (χ0) is 16.1. The second-order valence-electron chi connectivity index (χ2n) is 5.14. The number of rotatable bonds is 5. The predicted octanol–water partition coefficient (Wildman–Crippen LogP) is 3.41. The van der Waals surface area contributed by atoms with E-state index in [0.717, 1.165) is 11.1 Å². The summed E-state index contributed by atoms with van der Waals surface area (Å²) in [6.07, 6.45) is 1.52. The molecule has 1 atom stereocenters. The number of carbonyl (C=O) groups is 1. The molecule has 0 aliphatic carbocycles. The third-order valence-electron chi connectivity index (χ3n) is 3.63. The molecule has 0 aliphatic heterocycles. The zero-order valence-electron chi connectivity index (χ0n) is 12.5. The Hall–Kier alpha value is -2.85. The maximum absolute atomic E-state index is 12.6. The van der Waals surface area contributed by atoms with Crippen LogP contribution in [0, 0.1) is 0 Å². The Bertz CT molecular complexity index is 766. The predicted molar refractivity (Wildman–Crippen MR) is 87.9 cm³/mol. The average Bonchev–Trinajstić information content (AvgIpc) is 3.14. The van der Waals surface area contributed by atoms with Crippen molar-refractivity contribution in [1.82, 2.24) is 5.32 Å². The molecular formula is C19H17NO3. The van der Waals surface area contributed by atoms with Gasteiger partial charge < -0.3 is 14.8 Å². The Balaban J connectivity index is 1.88. The molecule has 116 valence electrons. The molecule has 1 aromatic heterocycles. The summed E-state index contributed by atoms with van der Waals surface area (Å²) in [5, 5.41) is 12.3. The highest BCUT2D eigenvalue weighted by Gasteiger charge is 2.19. The quantitative estimate of drug-likeness (QED) is 0.759.